The minimum atomic E-state index is -0.400. The van der Waals surface area contributed by atoms with E-state index in [0.717, 1.165) is 31.9 Å². The Bertz CT molecular complexity index is 649. The van der Waals surface area contributed by atoms with Crippen LogP contribution in [0.15, 0.2) is 18.3 Å². The van der Waals surface area contributed by atoms with E-state index >= 15 is 0 Å². The van der Waals surface area contributed by atoms with Gasteiger partial charge in [0.15, 0.2) is 0 Å². The number of piperidine rings is 1. The zero-order valence-electron chi connectivity index (χ0n) is 15.0. The predicted molar refractivity (Wildman–Crippen MR) is 92.3 cm³/mol. The van der Waals surface area contributed by atoms with Crippen LogP contribution in [0.2, 0.25) is 0 Å². The predicted octanol–water partition coefficient (Wildman–Crippen LogP) is 2.55. The van der Waals surface area contributed by atoms with Gasteiger partial charge in [0.2, 0.25) is 11.8 Å². The molecule has 2 saturated heterocycles. The second-order valence-corrected chi connectivity index (χ2v) is 7.00. The zero-order valence-corrected chi connectivity index (χ0v) is 15.0. The number of aromatic nitrogens is 1. The van der Waals surface area contributed by atoms with Gasteiger partial charge in [0.1, 0.15) is 5.82 Å². The molecule has 2 fully saturated rings. The summed E-state index contributed by atoms with van der Waals surface area (Å²) in [4.78, 5) is 33.2. The normalized spacial score (nSPS) is 26.5. The van der Waals surface area contributed by atoms with E-state index in [4.69, 9.17) is 0 Å². The molecule has 0 N–H and O–H groups in total. The maximum absolute atomic E-state index is 13.0. The lowest BCUT2D eigenvalue weighted by molar-refractivity contribution is -0.145. The van der Waals surface area contributed by atoms with Crippen LogP contribution in [0, 0.1) is 5.82 Å². The van der Waals surface area contributed by atoms with Crippen molar-refractivity contribution in [2.75, 3.05) is 13.1 Å². The molecule has 1 aromatic rings. The van der Waals surface area contributed by atoms with Gasteiger partial charge in [-0.1, -0.05) is 6.92 Å². The number of likely N-dealkylation sites (tertiary alicyclic amines) is 2. The van der Waals surface area contributed by atoms with Crippen LogP contribution in [0.4, 0.5) is 4.39 Å². The molecule has 0 aromatic carbocycles. The van der Waals surface area contributed by atoms with E-state index in [1.165, 1.54) is 6.07 Å². The molecule has 0 bridgehead atoms. The average molecular weight is 347 g/mol. The Labute approximate surface area is 148 Å². The molecule has 25 heavy (non-hydrogen) atoms. The van der Waals surface area contributed by atoms with Gasteiger partial charge in [-0.05, 0) is 44.7 Å². The zero-order chi connectivity index (χ0) is 18.0. The summed E-state index contributed by atoms with van der Waals surface area (Å²) in [5, 5.41) is 0. The largest absolute Gasteiger partial charge is 0.337 e. The monoisotopic (exact) mass is 347 g/mol. The SMILES string of the molecule is CC[C@@H]1N(C(=O)Cc2ccc(F)cn2)CCC[C@]12CCC(=O)N2CC. The van der Waals surface area contributed by atoms with Gasteiger partial charge in [-0.15, -0.1) is 0 Å². The number of halogens is 1. The number of carbonyl (C=O) groups is 2. The number of nitrogens with zero attached hydrogens (tertiary/aromatic N) is 3. The lowest BCUT2D eigenvalue weighted by Gasteiger charge is -2.52. The molecule has 5 nitrogen and oxygen atoms in total. The number of hydrogen-bond acceptors (Lipinski definition) is 3. The van der Waals surface area contributed by atoms with Gasteiger partial charge in [0.05, 0.1) is 24.2 Å². The van der Waals surface area contributed by atoms with Crippen LogP contribution in [-0.2, 0) is 16.0 Å². The first-order valence-corrected chi connectivity index (χ1v) is 9.22. The third-order valence-corrected chi connectivity index (χ3v) is 5.76. The molecule has 2 atom stereocenters. The Balaban J connectivity index is 1.82. The van der Waals surface area contributed by atoms with E-state index in [2.05, 4.69) is 11.9 Å². The minimum absolute atomic E-state index is 0.0143. The Hall–Kier alpha value is -1.98. The van der Waals surface area contributed by atoms with Crippen molar-refractivity contribution in [2.45, 2.75) is 64.0 Å². The van der Waals surface area contributed by atoms with Gasteiger partial charge < -0.3 is 9.80 Å². The molecule has 0 radical (unpaired) electrons. The molecule has 136 valence electrons. The van der Waals surface area contributed by atoms with Crippen molar-refractivity contribution in [1.82, 2.24) is 14.8 Å². The summed E-state index contributed by atoms with van der Waals surface area (Å²) in [6.07, 6.45) is 5.42. The Morgan fingerprint density at radius 3 is 2.80 bits per heavy atom. The number of pyridine rings is 1. The van der Waals surface area contributed by atoms with Gasteiger partial charge in [0, 0.05) is 25.2 Å². The number of amides is 2. The lowest BCUT2D eigenvalue weighted by Crippen LogP contribution is -2.64. The van der Waals surface area contributed by atoms with Crippen molar-refractivity contribution in [3.8, 4) is 0 Å². The maximum Gasteiger partial charge on any atom is 0.228 e. The summed E-state index contributed by atoms with van der Waals surface area (Å²) >= 11 is 0. The molecule has 3 rings (SSSR count). The van der Waals surface area contributed by atoms with Crippen LogP contribution in [0.1, 0.15) is 51.6 Å². The van der Waals surface area contributed by atoms with E-state index in [1.54, 1.807) is 6.07 Å². The highest BCUT2D eigenvalue weighted by molar-refractivity contribution is 5.82. The smallest absolute Gasteiger partial charge is 0.228 e. The lowest BCUT2D eigenvalue weighted by atomic mass is 9.77. The summed E-state index contributed by atoms with van der Waals surface area (Å²) in [5.74, 6) is -0.182. The summed E-state index contributed by atoms with van der Waals surface area (Å²) in [6.45, 7) is 5.51. The molecule has 2 aliphatic rings. The molecule has 0 saturated carbocycles. The fourth-order valence-corrected chi connectivity index (χ4v) is 4.77. The second-order valence-electron chi connectivity index (χ2n) is 7.00. The van der Waals surface area contributed by atoms with Crippen LogP contribution in [-0.4, -0.2) is 51.3 Å². The third-order valence-electron chi connectivity index (χ3n) is 5.76. The molecular formula is C19H26FN3O2. The number of carbonyl (C=O) groups excluding carboxylic acids is 2. The Kier molecular flexibility index (Phi) is 5.06. The highest BCUT2D eigenvalue weighted by Gasteiger charge is 2.53. The fourth-order valence-electron chi connectivity index (χ4n) is 4.77. The van der Waals surface area contributed by atoms with Crippen LogP contribution in [0.3, 0.4) is 0 Å². The molecule has 1 spiro atoms. The van der Waals surface area contributed by atoms with E-state index in [0.29, 0.717) is 25.2 Å². The van der Waals surface area contributed by atoms with Crippen molar-refractivity contribution < 1.29 is 14.0 Å². The molecule has 6 heteroatoms. The Morgan fingerprint density at radius 1 is 1.36 bits per heavy atom. The summed E-state index contributed by atoms with van der Waals surface area (Å²) in [7, 11) is 0. The molecular weight excluding hydrogens is 321 g/mol. The van der Waals surface area contributed by atoms with Crippen LogP contribution < -0.4 is 0 Å². The van der Waals surface area contributed by atoms with Gasteiger partial charge in [0.25, 0.3) is 0 Å². The molecule has 2 aliphatic heterocycles. The van der Waals surface area contributed by atoms with Gasteiger partial charge in [-0.25, -0.2) is 4.39 Å². The number of rotatable bonds is 4. The van der Waals surface area contributed by atoms with Crippen molar-refractivity contribution in [3.05, 3.63) is 29.8 Å². The topological polar surface area (TPSA) is 53.5 Å². The molecule has 0 aliphatic carbocycles. The fraction of sp³-hybridized carbons (Fsp3) is 0.632. The molecule has 1 aromatic heterocycles. The van der Waals surface area contributed by atoms with Crippen LogP contribution in [0.5, 0.6) is 0 Å². The van der Waals surface area contributed by atoms with Crippen LogP contribution >= 0.6 is 0 Å². The summed E-state index contributed by atoms with van der Waals surface area (Å²) in [6, 6.07) is 2.94. The van der Waals surface area contributed by atoms with E-state index in [1.807, 2.05) is 16.7 Å². The average Bonchev–Trinajstić information content (AvgIpc) is 2.92. The minimum Gasteiger partial charge on any atom is -0.337 e. The number of likely N-dealkylation sites (N-methyl/N-ethyl adjacent to an activating group) is 1. The van der Waals surface area contributed by atoms with E-state index in [-0.39, 0.29) is 29.8 Å². The van der Waals surface area contributed by atoms with Crippen molar-refractivity contribution in [3.63, 3.8) is 0 Å². The second kappa shape index (κ2) is 7.10. The first-order chi connectivity index (χ1) is 12.0. The highest BCUT2D eigenvalue weighted by atomic mass is 19.1. The molecule has 3 heterocycles. The standard InChI is InChI=1S/C19H26FN3O2/c1-3-16-19(10-8-17(24)23(19)4-2)9-5-11-22(16)18(25)12-15-7-6-14(20)13-21-15/h6-7,13,16H,3-5,8-12H2,1-2H3/t16-,19-/m0/s1. The first-order valence-electron chi connectivity index (χ1n) is 9.22. The van der Waals surface area contributed by atoms with Crippen molar-refractivity contribution in [2.24, 2.45) is 0 Å². The van der Waals surface area contributed by atoms with Gasteiger partial charge in [-0.2, -0.15) is 0 Å². The quantitative estimate of drug-likeness (QED) is 0.841. The van der Waals surface area contributed by atoms with Crippen molar-refractivity contribution >= 4 is 11.8 Å². The first kappa shape index (κ1) is 17.8. The van der Waals surface area contributed by atoms with E-state index in [9.17, 15) is 14.0 Å². The Morgan fingerprint density at radius 2 is 2.16 bits per heavy atom. The van der Waals surface area contributed by atoms with Crippen LogP contribution in [0.25, 0.3) is 0 Å². The highest BCUT2D eigenvalue weighted by Crippen LogP contribution is 2.43. The third kappa shape index (κ3) is 3.14. The van der Waals surface area contributed by atoms with E-state index < -0.39 is 5.82 Å². The molecule has 0 unspecified atom stereocenters. The van der Waals surface area contributed by atoms with Gasteiger partial charge in [-0.3, -0.25) is 14.6 Å². The summed E-state index contributed by atoms with van der Waals surface area (Å²) in [5.41, 5.74) is 0.362. The van der Waals surface area contributed by atoms with Gasteiger partial charge >= 0.3 is 0 Å². The number of hydrogen-bond donors (Lipinski definition) is 0. The van der Waals surface area contributed by atoms with Crippen molar-refractivity contribution in [1.29, 1.82) is 0 Å². The maximum atomic E-state index is 13.0. The molecule has 2 amide bonds. The summed E-state index contributed by atoms with van der Waals surface area (Å²) < 4.78 is 13.0.